The van der Waals surface area contributed by atoms with E-state index in [0.29, 0.717) is 25.9 Å². The highest BCUT2D eigenvalue weighted by atomic mass is 16.4. The van der Waals surface area contributed by atoms with Crippen molar-refractivity contribution in [1.29, 1.82) is 0 Å². The highest BCUT2D eigenvalue weighted by molar-refractivity contribution is 5.84. The third kappa shape index (κ3) is 2.80. The Labute approximate surface area is 124 Å². The van der Waals surface area contributed by atoms with Gasteiger partial charge in [-0.2, -0.15) is 0 Å². The van der Waals surface area contributed by atoms with Gasteiger partial charge in [-0.05, 0) is 43.2 Å². The van der Waals surface area contributed by atoms with Gasteiger partial charge in [-0.15, -0.1) is 0 Å². The van der Waals surface area contributed by atoms with E-state index in [1.54, 1.807) is 0 Å². The second-order valence-corrected chi connectivity index (χ2v) is 6.08. The van der Waals surface area contributed by atoms with E-state index in [9.17, 15) is 9.59 Å². The molecule has 1 amide bonds. The SMILES string of the molecule is O=C(O)C1CCN(C(=O)[C@H]2CCCc3ccccc32)CC1. The molecule has 1 aliphatic heterocycles. The zero-order valence-corrected chi connectivity index (χ0v) is 12.1. The van der Waals surface area contributed by atoms with Gasteiger partial charge >= 0.3 is 5.97 Å². The minimum Gasteiger partial charge on any atom is -0.481 e. The van der Waals surface area contributed by atoms with Crippen molar-refractivity contribution in [3.63, 3.8) is 0 Å². The Balaban J connectivity index is 1.71. The summed E-state index contributed by atoms with van der Waals surface area (Å²) in [6, 6.07) is 8.22. The van der Waals surface area contributed by atoms with Crippen LogP contribution in [0.1, 0.15) is 42.7 Å². The summed E-state index contributed by atoms with van der Waals surface area (Å²) >= 11 is 0. The van der Waals surface area contributed by atoms with E-state index in [1.165, 1.54) is 11.1 Å². The van der Waals surface area contributed by atoms with Crippen molar-refractivity contribution in [2.24, 2.45) is 5.92 Å². The molecule has 0 unspecified atom stereocenters. The maximum Gasteiger partial charge on any atom is 0.306 e. The maximum absolute atomic E-state index is 12.8. The van der Waals surface area contributed by atoms with Crippen molar-refractivity contribution in [3.8, 4) is 0 Å². The molecule has 1 aromatic carbocycles. The Kier molecular flexibility index (Phi) is 3.95. The second-order valence-electron chi connectivity index (χ2n) is 6.08. The number of aliphatic carboxylic acids is 1. The van der Waals surface area contributed by atoms with Crippen LogP contribution in [0.25, 0.3) is 0 Å². The van der Waals surface area contributed by atoms with Crippen molar-refractivity contribution < 1.29 is 14.7 Å². The van der Waals surface area contributed by atoms with Crippen LogP contribution in [0.2, 0.25) is 0 Å². The molecule has 0 spiro atoms. The first-order valence-corrected chi connectivity index (χ1v) is 7.76. The average Bonchev–Trinajstić information content (AvgIpc) is 2.53. The van der Waals surface area contributed by atoms with E-state index >= 15 is 0 Å². The monoisotopic (exact) mass is 287 g/mol. The molecular weight excluding hydrogens is 266 g/mol. The zero-order valence-electron chi connectivity index (χ0n) is 12.1. The Hall–Kier alpha value is -1.84. The summed E-state index contributed by atoms with van der Waals surface area (Å²) < 4.78 is 0. The second kappa shape index (κ2) is 5.88. The zero-order chi connectivity index (χ0) is 14.8. The molecule has 1 fully saturated rings. The van der Waals surface area contributed by atoms with Gasteiger partial charge in [0.05, 0.1) is 11.8 Å². The normalized spacial score (nSPS) is 22.7. The number of amides is 1. The first kappa shape index (κ1) is 14.1. The van der Waals surface area contributed by atoms with Gasteiger partial charge in [-0.3, -0.25) is 9.59 Å². The Morgan fingerprint density at radius 3 is 2.52 bits per heavy atom. The maximum atomic E-state index is 12.8. The highest BCUT2D eigenvalue weighted by Gasteiger charge is 2.33. The fourth-order valence-corrected chi connectivity index (χ4v) is 3.58. The number of carboxylic acid groups (broad SMARTS) is 1. The Morgan fingerprint density at radius 1 is 1.10 bits per heavy atom. The van der Waals surface area contributed by atoms with Crippen LogP contribution in [0.4, 0.5) is 0 Å². The molecular formula is C17H21NO3. The first-order chi connectivity index (χ1) is 10.2. The Morgan fingerprint density at radius 2 is 1.81 bits per heavy atom. The number of benzene rings is 1. The molecule has 0 aromatic heterocycles. The van der Waals surface area contributed by atoms with Crippen LogP contribution >= 0.6 is 0 Å². The van der Waals surface area contributed by atoms with Gasteiger partial charge in [0, 0.05) is 13.1 Å². The van der Waals surface area contributed by atoms with Crippen molar-refractivity contribution in [2.45, 2.75) is 38.0 Å². The number of likely N-dealkylation sites (tertiary alicyclic amines) is 1. The molecule has 1 aliphatic carbocycles. The van der Waals surface area contributed by atoms with Gasteiger partial charge in [0.25, 0.3) is 0 Å². The summed E-state index contributed by atoms with van der Waals surface area (Å²) in [5.41, 5.74) is 2.47. The van der Waals surface area contributed by atoms with Gasteiger partial charge in [-0.25, -0.2) is 0 Å². The van der Waals surface area contributed by atoms with Crippen molar-refractivity contribution >= 4 is 11.9 Å². The molecule has 0 radical (unpaired) electrons. The molecule has 21 heavy (non-hydrogen) atoms. The quantitative estimate of drug-likeness (QED) is 0.909. The van der Waals surface area contributed by atoms with Crippen LogP contribution in [0.15, 0.2) is 24.3 Å². The summed E-state index contributed by atoms with van der Waals surface area (Å²) in [6.07, 6.45) is 4.18. The molecule has 1 saturated heterocycles. The lowest BCUT2D eigenvalue weighted by atomic mass is 9.81. The predicted octanol–water partition coefficient (Wildman–Crippen LogP) is 2.43. The number of carbonyl (C=O) groups is 2. The van der Waals surface area contributed by atoms with Crippen LogP contribution in [0.3, 0.4) is 0 Å². The molecule has 3 rings (SSSR count). The number of carbonyl (C=O) groups excluding carboxylic acids is 1. The Bertz CT molecular complexity index is 547. The van der Waals surface area contributed by atoms with E-state index < -0.39 is 5.97 Å². The van der Waals surface area contributed by atoms with Gasteiger partial charge in [0.15, 0.2) is 0 Å². The van der Waals surface area contributed by atoms with Crippen molar-refractivity contribution in [1.82, 2.24) is 4.90 Å². The van der Waals surface area contributed by atoms with E-state index in [-0.39, 0.29) is 17.7 Å². The minimum atomic E-state index is -0.731. The third-order valence-corrected chi connectivity index (χ3v) is 4.82. The number of aryl methyl sites for hydroxylation is 1. The number of rotatable bonds is 2. The first-order valence-electron chi connectivity index (χ1n) is 7.76. The van der Waals surface area contributed by atoms with Crippen molar-refractivity contribution in [2.75, 3.05) is 13.1 Å². The molecule has 0 saturated carbocycles. The molecule has 1 heterocycles. The summed E-state index contributed by atoms with van der Waals surface area (Å²) in [7, 11) is 0. The number of hydrogen-bond donors (Lipinski definition) is 1. The third-order valence-electron chi connectivity index (χ3n) is 4.82. The van der Waals surface area contributed by atoms with E-state index in [2.05, 4.69) is 12.1 Å². The van der Waals surface area contributed by atoms with Gasteiger partial charge in [0.2, 0.25) is 5.91 Å². The highest BCUT2D eigenvalue weighted by Crippen LogP contribution is 2.33. The summed E-state index contributed by atoms with van der Waals surface area (Å²) in [6.45, 7) is 1.16. The van der Waals surface area contributed by atoms with Crippen LogP contribution in [0, 0.1) is 5.92 Å². The molecule has 4 heteroatoms. The van der Waals surface area contributed by atoms with Crippen LogP contribution < -0.4 is 0 Å². The number of hydrogen-bond acceptors (Lipinski definition) is 2. The molecule has 2 aliphatic rings. The standard InChI is InChI=1S/C17H21NO3/c19-16(18-10-8-13(9-11-18)17(20)21)15-7-3-5-12-4-1-2-6-14(12)15/h1-2,4,6,13,15H,3,5,7-11H2,(H,20,21)/t15-/m0/s1. The smallest absolute Gasteiger partial charge is 0.306 e. The largest absolute Gasteiger partial charge is 0.481 e. The molecule has 1 atom stereocenters. The molecule has 1 aromatic rings. The molecule has 112 valence electrons. The predicted molar refractivity (Wildman–Crippen MR) is 79.1 cm³/mol. The van der Waals surface area contributed by atoms with Crippen molar-refractivity contribution in [3.05, 3.63) is 35.4 Å². The fourth-order valence-electron chi connectivity index (χ4n) is 3.58. The fraction of sp³-hybridized carbons (Fsp3) is 0.529. The summed E-state index contributed by atoms with van der Waals surface area (Å²) in [4.78, 5) is 25.6. The van der Waals surface area contributed by atoms with Crippen LogP contribution in [0.5, 0.6) is 0 Å². The summed E-state index contributed by atoms with van der Waals surface area (Å²) in [5, 5.41) is 9.04. The number of nitrogens with zero attached hydrogens (tertiary/aromatic N) is 1. The van der Waals surface area contributed by atoms with E-state index in [0.717, 1.165) is 19.3 Å². The van der Waals surface area contributed by atoms with E-state index in [1.807, 2.05) is 17.0 Å². The lowest BCUT2D eigenvalue weighted by Crippen LogP contribution is -2.43. The van der Waals surface area contributed by atoms with Gasteiger partial charge in [-0.1, -0.05) is 24.3 Å². The summed E-state index contributed by atoms with van der Waals surface area (Å²) in [5.74, 6) is -0.861. The van der Waals surface area contributed by atoms with Crippen LogP contribution in [-0.4, -0.2) is 35.0 Å². The molecule has 4 nitrogen and oxygen atoms in total. The van der Waals surface area contributed by atoms with Crippen LogP contribution in [-0.2, 0) is 16.0 Å². The van der Waals surface area contributed by atoms with Gasteiger partial charge < -0.3 is 10.0 Å². The van der Waals surface area contributed by atoms with Gasteiger partial charge in [0.1, 0.15) is 0 Å². The minimum absolute atomic E-state index is 0.0312. The van der Waals surface area contributed by atoms with E-state index in [4.69, 9.17) is 5.11 Å². The molecule has 1 N–H and O–H groups in total. The molecule has 0 bridgehead atoms. The number of carboxylic acids is 1. The topological polar surface area (TPSA) is 57.6 Å². The lowest BCUT2D eigenvalue weighted by Gasteiger charge is -2.34. The lowest BCUT2D eigenvalue weighted by molar-refractivity contribution is -0.146. The number of piperidine rings is 1. The average molecular weight is 287 g/mol. The number of fused-ring (bicyclic) bond motifs is 1.